The number of piperidine rings is 2. The third kappa shape index (κ3) is 3.75. The second-order valence-corrected chi connectivity index (χ2v) is 8.85. The molecule has 7 nitrogen and oxygen atoms in total. The number of carbonyl (C=O) groups is 3. The molecule has 156 valence electrons. The summed E-state index contributed by atoms with van der Waals surface area (Å²) in [5, 5.41) is 2.33. The van der Waals surface area contributed by atoms with E-state index >= 15 is 0 Å². The molecule has 2 fully saturated rings. The number of carbonyl (C=O) groups excluding carboxylic acids is 3. The quantitative estimate of drug-likeness (QED) is 0.785. The molecule has 2 saturated heterocycles. The topological polar surface area (TPSA) is 79.0 Å². The number of fused-ring (bicyclic) bond motifs is 1. The summed E-state index contributed by atoms with van der Waals surface area (Å²) < 4.78 is 6.26. The van der Waals surface area contributed by atoms with Crippen LogP contribution in [0, 0.1) is 0 Å². The molecule has 29 heavy (non-hydrogen) atoms. The highest BCUT2D eigenvalue weighted by molar-refractivity contribution is 6.05. The molecule has 4 rings (SSSR count). The highest BCUT2D eigenvalue weighted by Crippen LogP contribution is 2.33. The van der Waals surface area contributed by atoms with Crippen molar-refractivity contribution in [3.05, 3.63) is 29.3 Å². The van der Waals surface area contributed by atoms with Crippen LogP contribution in [0.25, 0.3) is 0 Å². The second kappa shape index (κ2) is 7.44. The number of rotatable bonds is 4. The average molecular weight is 399 g/mol. The Balaban J connectivity index is 1.45. The average Bonchev–Trinajstić information content (AvgIpc) is 2.99. The van der Waals surface area contributed by atoms with Gasteiger partial charge >= 0.3 is 0 Å². The van der Waals surface area contributed by atoms with Crippen molar-refractivity contribution in [2.45, 2.75) is 70.7 Å². The van der Waals surface area contributed by atoms with Crippen molar-refractivity contribution in [3.63, 3.8) is 0 Å². The van der Waals surface area contributed by atoms with Gasteiger partial charge in [0.2, 0.25) is 11.8 Å². The summed E-state index contributed by atoms with van der Waals surface area (Å²) in [5.74, 6) is -0.0497. The molecule has 0 aromatic heterocycles. The molecule has 7 heteroatoms. The van der Waals surface area contributed by atoms with Gasteiger partial charge in [0.25, 0.3) is 5.91 Å². The molecule has 3 amide bonds. The molecule has 1 aromatic rings. The number of amides is 3. The van der Waals surface area contributed by atoms with Crippen LogP contribution in [0.5, 0.6) is 5.75 Å². The van der Waals surface area contributed by atoms with E-state index in [0.29, 0.717) is 18.5 Å². The van der Waals surface area contributed by atoms with Gasteiger partial charge in [0, 0.05) is 30.6 Å². The lowest BCUT2D eigenvalue weighted by molar-refractivity contribution is -0.136. The highest BCUT2D eigenvalue weighted by atomic mass is 16.5. The van der Waals surface area contributed by atoms with Crippen LogP contribution in [0.15, 0.2) is 18.2 Å². The Labute approximate surface area is 171 Å². The number of hydrogen-bond acceptors (Lipinski definition) is 5. The lowest BCUT2D eigenvalue weighted by Gasteiger charge is -2.45. The Morgan fingerprint density at radius 1 is 1.21 bits per heavy atom. The minimum atomic E-state index is -0.587. The minimum absolute atomic E-state index is 0.129. The van der Waals surface area contributed by atoms with Gasteiger partial charge in [0.05, 0.1) is 0 Å². The van der Waals surface area contributed by atoms with Gasteiger partial charge in [-0.3, -0.25) is 24.6 Å². The molecule has 0 aliphatic carbocycles. The maximum atomic E-state index is 12.8. The Morgan fingerprint density at radius 2 is 2.00 bits per heavy atom. The first-order valence-electron chi connectivity index (χ1n) is 10.5. The summed E-state index contributed by atoms with van der Waals surface area (Å²) in [5.41, 5.74) is 1.68. The van der Waals surface area contributed by atoms with Crippen LogP contribution >= 0.6 is 0 Å². The molecule has 1 N–H and O–H groups in total. The fraction of sp³-hybridized carbons (Fsp3) is 0.591. The van der Waals surface area contributed by atoms with Gasteiger partial charge in [-0.15, -0.1) is 0 Å². The first-order valence-corrected chi connectivity index (χ1v) is 10.5. The number of benzene rings is 1. The van der Waals surface area contributed by atoms with Gasteiger partial charge in [-0.1, -0.05) is 6.92 Å². The maximum Gasteiger partial charge on any atom is 0.255 e. The number of likely N-dealkylation sites (tertiary alicyclic amines) is 1. The smallest absolute Gasteiger partial charge is 0.255 e. The zero-order valence-corrected chi connectivity index (χ0v) is 17.4. The van der Waals surface area contributed by atoms with E-state index < -0.39 is 6.04 Å². The van der Waals surface area contributed by atoms with Crippen molar-refractivity contribution in [1.29, 1.82) is 0 Å². The van der Waals surface area contributed by atoms with Crippen molar-refractivity contribution in [3.8, 4) is 5.75 Å². The van der Waals surface area contributed by atoms with Crippen LogP contribution in [0.3, 0.4) is 0 Å². The van der Waals surface area contributed by atoms with Gasteiger partial charge in [-0.25, -0.2) is 0 Å². The molecule has 2 unspecified atom stereocenters. The molecule has 1 aromatic carbocycles. The molecule has 3 aliphatic heterocycles. The van der Waals surface area contributed by atoms with Crippen LogP contribution < -0.4 is 10.1 Å². The fourth-order valence-electron chi connectivity index (χ4n) is 4.73. The number of imide groups is 1. The van der Waals surface area contributed by atoms with Gasteiger partial charge in [-0.2, -0.15) is 0 Å². The van der Waals surface area contributed by atoms with E-state index in [-0.39, 0.29) is 35.8 Å². The molecule has 0 saturated carbocycles. The lowest BCUT2D eigenvalue weighted by Crippen LogP contribution is -2.53. The summed E-state index contributed by atoms with van der Waals surface area (Å²) in [6.45, 7) is 8.98. The lowest BCUT2D eigenvalue weighted by atomic mass is 9.89. The van der Waals surface area contributed by atoms with E-state index in [1.54, 1.807) is 11.0 Å². The maximum absolute atomic E-state index is 12.8. The summed E-state index contributed by atoms with van der Waals surface area (Å²) in [6.07, 6.45) is 2.85. The van der Waals surface area contributed by atoms with Crippen molar-refractivity contribution in [1.82, 2.24) is 15.1 Å². The van der Waals surface area contributed by atoms with Crippen molar-refractivity contribution in [2.75, 3.05) is 13.1 Å². The monoisotopic (exact) mass is 399 g/mol. The van der Waals surface area contributed by atoms with Gasteiger partial charge < -0.3 is 9.64 Å². The number of likely N-dealkylation sites (N-methyl/N-ethyl adjacent to an activating group) is 1. The van der Waals surface area contributed by atoms with Crippen molar-refractivity contribution in [2.24, 2.45) is 0 Å². The van der Waals surface area contributed by atoms with Crippen molar-refractivity contribution < 1.29 is 19.1 Å². The molecule has 3 aliphatic rings. The zero-order valence-electron chi connectivity index (χ0n) is 17.4. The first kappa shape index (κ1) is 19.9. The minimum Gasteiger partial charge on any atom is -0.489 e. The normalized spacial score (nSPS) is 27.0. The molecular weight excluding hydrogens is 370 g/mol. The van der Waals surface area contributed by atoms with E-state index in [1.807, 2.05) is 12.1 Å². The molecule has 0 radical (unpaired) electrons. The van der Waals surface area contributed by atoms with E-state index in [0.717, 1.165) is 37.2 Å². The van der Waals surface area contributed by atoms with Crippen LogP contribution in [-0.4, -0.2) is 58.3 Å². The van der Waals surface area contributed by atoms with Crippen LogP contribution in [0.2, 0.25) is 0 Å². The van der Waals surface area contributed by atoms with Crippen LogP contribution in [0.4, 0.5) is 0 Å². The molecule has 0 spiro atoms. The Kier molecular flexibility index (Phi) is 5.11. The highest BCUT2D eigenvalue weighted by Gasteiger charge is 2.39. The summed E-state index contributed by atoms with van der Waals surface area (Å²) in [6, 6.07) is 4.98. The van der Waals surface area contributed by atoms with E-state index in [9.17, 15) is 14.4 Å². The fourth-order valence-corrected chi connectivity index (χ4v) is 4.73. The summed E-state index contributed by atoms with van der Waals surface area (Å²) in [7, 11) is 0. The zero-order chi connectivity index (χ0) is 20.8. The summed E-state index contributed by atoms with van der Waals surface area (Å²) >= 11 is 0. The van der Waals surface area contributed by atoms with E-state index in [2.05, 4.69) is 31.0 Å². The van der Waals surface area contributed by atoms with Crippen molar-refractivity contribution >= 4 is 17.7 Å². The van der Waals surface area contributed by atoms with Crippen LogP contribution in [0.1, 0.15) is 62.4 Å². The third-order valence-corrected chi connectivity index (χ3v) is 6.54. The van der Waals surface area contributed by atoms with Crippen LogP contribution in [-0.2, 0) is 16.1 Å². The standard InChI is InChI=1S/C22H29N3O4/c1-4-24-13-16(9-10-22(24,2)3)29-15-5-6-17-14(11-15)12-25(21(17)28)18-7-8-19(26)23-20(18)27/h5-6,11,16,18H,4,7-10,12-13H2,1-3H3,(H,23,26,27). The Morgan fingerprint density at radius 3 is 2.72 bits per heavy atom. The Hall–Kier alpha value is -2.41. The second-order valence-electron chi connectivity index (χ2n) is 8.85. The predicted molar refractivity (Wildman–Crippen MR) is 107 cm³/mol. The molecule has 2 atom stereocenters. The van der Waals surface area contributed by atoms with Gasteiger partial charge in [-0.05, 0) is 63.4 Å². The number of hydrogen-bond donors (Lipinski definition) is 1. The van der Waals surface area contributed by atoms with Gasteiger partial charge in [0.1, 0.15) is 17.9 Å². The number of ether oxygens (including phenoxy) is 1. The predicted octanol–water partition coefficient (Wildman–Crippen LogP) is 2.09. The summed E-state index contributed by atoms with van der Waals surface area (Å²) in [4.78, 5) is 40.4. The third-order valence-electron chi connectivity index (χ3n) is 6.54. The molecular formula is C22H29N3O4. The van der Waals surface area contributed by atoms with E-state index in [4.69, 9.17) is 4.74 Å². The number of nitrogens with zero attached hydrogens (tertiary/aromatic N) is 2. The molecule has 3 heterocycles. The number of nitrogens with one attached hydrogen (secondary N) is 1. The largest absolute Gasteiger partial charge is 0.489 e. The first-order chi connectivity index (χ1) is 13.8. The van der Waals surface area contributed by atoms with E-state index in [1.165, 1.54) is 0 Å². The van der Waals surface area contributed by atoms with Gasteiger partial charge in [0.15, 0.2) is 0 Å². The molecule has 0 bridgehead atoms. The SMILES string of the molecule is CCN1CC(Oc2ccc3c(c2)CN(C2CCC(=O)NC2=O)C3=O)CCC1(C)C. The Bertz CT molecular complexity index is 850.